The summed E-state index contributed by atoms with van der Waals surface area (Å²) in [6.07, 6.45) is 0.527. The smallest absolute Gasteiger partial charge is 0.258 e. The monoisotopic (exact) mass is 423 g/mol. The van der Waals surface area contributed by atoms with Gasteiger partial charge in [-0.2, -0.15) is 5.10 Å². The highest BCUT2D eigenvalue weighted by Crippen LogP contribution is 2.32. The van der Waals surface area contributed by atoms with Gasteiger partial charge in [0.15, 0.2) is 11.5 Å². The van der Waals surface area contributed by atoms with E-state index in [0.717, 1.165) is 11.4 Å². The lowest BCUT2D eigenvalue weighted by molar-refractivity contribution is -0.116. The summed E-state index contributed by atoms with van der Waals surface area (Å²) in [5.74, 6) is 1.19. The first-order valence-corrected chi connectivity index (χ1v) is 10.2. The fourth-order valence-corrected chi connectivity index (χ4v) is 3.69. The second-order valence-corrected chi connectivity index (χ2v) is 7.47. The van der Waals surface area contributed by atoms with Gasteiger partial charge in [-0.25, -0.2) is 9.67 Å². The van der Waals surface area contributed by atoms with Crippen LogP contribution in [0.15, 0.2) is 29.1 Å². The van der Waals surface area contributed by atoms with Crippen LogP contribution in [-0.2, 0) is 17.8 Å². The van der Waals surface area contributed by atoms with E-state index in [9.17, 15) is 9.59 Å². The molecule has 0 spiro atoms. The number of fused-ring (bicyclic) bond motifs is 1. The number of ether oxygens (including phenoxy) is 2. The lowest BCUT2D eigenvalue weighted by Crippen LogP contribution is -2.34. The number of carbonyl (C=O) groups excluding carboxylic acids is 1. The lowest BCUT2D eigenvalue weighted by atomic mass is 10.2. The van der Waals surface area contributed by atoms with E-state index in [-0.39, 0.29) is 18.0 Å². The maximum absolute atomic E-state index is 13.2. The number of hydrogen-bond acceptors (Lipinski definition) is 6. The lowest BCUT2D eigenvalue weighted by Gasteiger charge is -2.19. The van der Waals surface area contributed by atoms with Crippen molar-refractivity contribution >= 4 is 11.6 Å². The van der Waals surface area contributed by atoms with Gasteiger partial charge in [-0.05, 0) is 45.4 Å². The number of benzene rings is 1. The molecule has 0 fully saturated rings. The number of nitrogens with zero attached hydrogens (tertiary/aromatic N) is 4. The summed E-state index contributed by atoms with van der Waals surface area (Å²) in [6.45, 7) is 8.21. The van der Waals surface area contributed by atoms with Crippen molar-refractivity contribution in [3.8, 4) is 17.4 Å². The Labute approximate surface area is 179 Å². The van der Waals surface area contributed by atoms with E-state index in [0.29, 0.717) is 54.0 Å². The minimum Gasteiger partial charge on any atom is -0.486 e. The molecule has 1 aromatic carbocycles. The number of rotatable bonds is 5. The SMILES string of the molecule is CCc1c(C)nc(-n2nc(C)cc2C)n(CC(=O)Nc2ccc3c(c2)OCCO3)c1=O. The molecule has 0 radical (unpaired) electrons. The highest BCUT2D eigenvalue weighted by molar-refractivity contribution is 5.91. The zero-order valence-corrected chi connectivity index (χ0v) is 18.1. The van der Waals surface area contributed by atoms with Crippen molar-refractivity contribution in [1.82, 2.24) is 19.3 Å². The second kappa shape index (κ2) is 8.25. The van der Waals surface area contributed by atoms with Crippen molar-refractivity contribution < 1.29 is 14.3 Å². The van der Waals surface area contributed by atoms with Crippen LogP contribution < -0.4 is 20.3 Å². The molecule has 0 saturated carbocycles. The van der Waals surface area contributed by atoms with Crippen LogP contribution >= 0.6 is 0 Å². The van der Waals surface area contributed by atoms with Crippen LogP contribution in [0.5, 0.6) is 11.5 Å². The normalized spacial score (nSPS) is 12.6. The third-order valence-electron chi connectivity index (χ3n) is 5.13. The van der Waals surface area contributed by atoms with Crippen molar-refractivity contribution in [1.29, 1.82) is 0 Å². The van der Waals surface area contributed by atoms with Crippen LogP contribution in [0.2, 0.25) is 0 Å². The standard InChI is InChI=1S/C22H25N5O4/c1-5-17-15(4)23-22(27-14(3)10-13(2)25-27)26(21(17)29)12-20(28)24-16-6-7-18-19(11-16)31-9-8-30-18/h6-7,10-11H,5,8-9,12H2,1-4H3,(H,24,28). The van der Waals surface area contributed by atoms with Gasteiger partial charge in [0.05, 0.1) is 11.4 Å². The number of aromatic nitrogens is 4. The largest absolute Gasteiger partial charge is 0.486 e. The molecular weight excluding hydrogens is 398 g/mol. The summed E-state index contributed by atoms with van der Waals surface area (Å²) in [6, 6.07) is 7.10. The summed E-state index contributed by atoms with van der Waals surface area (Å²) in [5.41, 5.74) is 3.17. The Morgan fingerprint density at radius 3 is 2.55 bits per heavy atom. The van der Waals surface area contributed by atoms with Gasteiger partial charge in [0.2, 0.25) is 11.9 Å². The van der Waals surface area contributed by atoms with E-state index in [4.69, 9.17) is 9.47 Å². The molecule has 0 aliphatic carbocycles. The Morgan fingerprint density at radius 1 is 1.13 bits per heavy atom. The first-order chi connectivity index (χ1) is 14.9. The minimum absolute atomic E-state index is 0.193. The Morgan fingerprint density at radius 2 is 1.87 bits per heavy atom. The Kier molecular flexibility index (Phi) is 5.50. The van der Waals surface area contributed by atoms with Gasteiger partial charge in [-0.3, -0.25) is 14.2 Å². The number of hydrogen-bond donors (Lipinski definition) is 1. The fraction of sp³-hybridized carbons (Fsp3) is 0.364. The van der Waals surface area contributed by atoms with E-state index >= 15 is 0 Å². The van der Waals surface area contributed by atoms with Crippen molar-refractivity contribution in [2.45, 2.75) is 40.7 Å². The van der Waals surface area contributed by atoms with Crippen molar-refractivity contribution in [3.05, 3.63) is 57.3 Å². The topological polar surface area (TPSA) is 100 Å². The summed E-state index contributed by atoms with van der Waals surface area (Å²) in [7, 11) is 0. The second-order valence-electron chi connectivity index (χ2n) is 7.47. The molecule has 1 N–H and O–H groups in total. The van der Waals surface area contributed by atoms with Gasteiger partial charge in [-0.15, -0.1) is 0 Å². The predicted octanol–water partition coefficient (Wildman–Crippen LogP) is 2.33. The van der Waals surface area contributed by atoms with Gasteiger partial charge >= 0.3 is 0 Å². The zero-order valence-electron chi connectivity index (χ0n) is 18.1. The summed E-state index contributed by atoms with van der Waals surface area (Å²) < 4.78 is 14.0. The van der Waals surface area contributed by atoms with Crippen LogP contribution in [0.3, 0.4) is 0 Å². The fourth-order valence-electron chi connectivity index (χ4n) is 3.69. The molecule has 4 rings (SSSR count). The number of aryl methyl sites for hydroxylation is 3. The maximum Gasteiger partial charge on any atom is 0.258 e. The molecule has 9 nitrogen and oxygen atoms in total. The van der Waals surface area contributed by atoms with Gasteiger partial charge < -0.3 is 14.8 Å². The molecule has 0 atom stereocenters. The van der Waals surface area contributed by atoms with Crippen molar-refractivity contribution in [3.63, 3.8) is 0 Å². The Hall–Kier alpha value is -3.62. The molecule has 0 saturated heterocycles. The zero-order chi connectivity index (χ0) is 22.1. The van der Waals surface area contributed by atoms with Crippen LogP contribution in [0.1, 0.15) is 29.6 Å². The summed E-state index contributed by atoms with van der Waals surface area (Å²) >= 11 is 0. The quantitative estimate of drug-likeness (QED) is 0.676. The highest BCUT2D eigenvalue weighted by atomic mass is 16.6. The summed E-state index contributed by atoms with van der Waals surface area (Å²) in [4.78, 5) is 30.7. The molecule has 1 amide bonds. The molecule has 9 heteroatoms. The average molecular weight is 423 g/mol. The highest BCUT2D eigenvalue weighted by Gasteiger charge is 2.19. The van der Waals surface area contributed by atoms with Crippen LogP contribution in [0, 0.1) is 20.8 Å². The average Bonchev–Trinajstić information content (AvgIpc) is 3.08. The molecule has 3 aromatic rings. The summed E-state index contributed by atoms with van der Waals surface area (Å²) in [5, 5.41) is 7.28. The van der Waals surface area contributed by atoms with E-state index in [2.05, 4.69) is 15.4 Å². The Balaban J connectivity index is 1.67. The van der Waals surface area contributed by atoms with Crippen LogP contribution in [-0.4, -0.2) is 38.5 Å². The molecule has 31 heavy (non-hydrogen) atoms. The maximum atomic E-state index is 13.2. The number of nitrogens with one attached hydrogen (secondary N) is 1. The minimum atomic E-state index is -0.353. The molecule has 0 bridgehead atoms. The Bertz CT molecular complexity index is 1210. The van der Waals surface area contributed by atoms with E-state index in [1.54, 1.807) is 29.8 Å². The molecule has 0 unspecified atom stereocenters. The van der Waals surface area contributed by atoms with Crippen LogP contribution in [0.4, 0.5) is 5.69 Å². The van der Waals surface area contributed by atoms with Gasteiger partial charge in [0.25, 0.3) is 5.56 Å². The molecule has 162 valence electrons. The van der Waals surface area contributed by atoms with Gasteiger partial charge in [0.1, 0.15) is 19.8 Å². The molecular formula is C22H25N5O4. The van der Waals surface area contributed by atoms with E-state index in [1.807, 2.05) is 26.8 Å². The van der Waals surface area contributed by atoms with E-state index < -0.39 is 0 Å². The molecule has 2 aromatic heterocycles. The first-order valence-electron chi connectivity index (χ1n) is 10.2. The number of anilines is 1. The predicted molar refractivity (Wildman–Crippen MR) is 115 cm³/mol. The van der Waals surface area contributed by atoms with Crippen LogP contribution in [0.25, 0.3) is 5.95 Å². The number of amides is 1. The molecule has 1 aliphatic heterocycles. The molecule has 1 aliphatic rings. The first kappa shape index (κ1) is 20.6. The van der Waals surface area contributed by atoms with Gasteiger partial charge in [0, 0.05) is 23.0 Å². The van der Waals surface area contributed by atoms with Crippen molar-refractivity contribution in [2.75, 3.05) is 18.5 Å². The van der Waals surface area contributed by atoms with Gasteiger partial charge in [-0.1, -0.05) is 6.92 Å². The molecule has 3 heterocycles. The third kappa shape index (κ3) is 4.03. The third-order valence-corrected chi connectivity index (χ3v) is 5.13. The van der Waals surface area contributed by atoms with Crippen molar-refractivity contribution in [2.24, 2.45) is 0 Å². The van der Waals surface area contributed by atoms with E-state index in [1.165, 1.54) is 4.57 Å². The number of carbonyl (C=O) groups is 1.